The van der Waals surface area contributed by atoms with Crippen molar-refractivity contribution in [2.75, 3.05) is 0 Å². The van der Waals surface area contributed by atoms with Crippen molar-refractivity contribution in [3.63, 3.8) is 0 Å². The van der Waals surface area contributed by atoms with Gasteiger partial charge in [0, 0.05) is 0 Å². The first kappa shape index (κ1) is 12.4. The number of esters is 1. The van der Waals surface area contributed by atoms with Gasteiger partial charge in [0.25, 0.3) is 0 Å². The molecular weight excluding hydrogens is 236 g/mol. The van der Waals surface area contributed by atoms with Crippen molar-refractivity contribution in [2.45, 2.75) is 38.7 Å². The fourth-order valence-corrected chi connectivity index (χ4v) is 2.59. The number of carbonyl (C=O) groups excluding carboxylic acids is 1. The van der Waals surface area contributed by atoms with E-state index in [2.05, 4.69) is 0 Å². The molecule has 0 spiro atoms. The van der Waals surface area contributed by atoms with Crippen LogP contribution in [0.3, 0.4) is 0 Å². The lowest BCUT2D eigenvalue weighted by atomic mass is 10.0. The Kier molecular flexibility index (Phi) is 4.06. The second-order valence-electron chi connectivity index (χ2n) is 4.63. The van der Waals surface area contributed by atoms with Gasteiger partial charge in [-0.05, 0) is 37.8 Å². The average molecular weight is 253 g/mol. The second-order valence-corrected chi connectivity index (χ2v) is 5.04. The molecule has 1 aliphatic rings. The van der Waals surface area contributed by atoms with E-state index in [4.69, 9.17) is 16.3 Å². The summed E-state index contributed by atoms with van der Waals surface area (Å²) in [6.45, 7) is 1.98. The first-order chi connectivity index (χ1) is 8.18. The number of halogens is 1. The van der Waals surface area contributed by atoms with Crippen LogP contribution in [0.1, 0.15) is 43.0 Å². The van der Waals surface area contributed by atoms with Crippen molar-refractivity contribution in [3.05, 3.63) is 34.9 Å². The van der Waals surface area contributed by atoms with Gasteiger partial charge in [-0.25, -0.2) is 4.79 Å². The van der Waals surface area contributed by atoms with Crippen LogP contribution in [0.15, 0.2) is 24.3 Å². The molecule has 1 saturated carbocycles. The van der Waals surface area contributed by atoms with Crippen molar-refractivity contribution in [3.8, 4) is 0 Å². The Morgan fingerprint density at radius 2 is 2.00 bits per heavy atom. The molecule has 0 saturated heterocycles. The molecule has 1 atom stereocenters. The molecule has 0 aliphatic heterocycles. The first-order valence-electron chi connectivity index (χ1n) is 6.14. The van der Waals surface area contributed by atoms with Crippen LogP contribution in [-0.4, -0.2) is 12.1 Å². The molecule has 0 aromatic heterocycles. The van der Waals surface area contributed by atoms with Gasteiger partial charge in [0.15, 0.2) is 0 Å². The summed E-state index contributed by atoms with van der Waals surface area (Å²) in [5.41, 5.74) is 0.457. The average Bonchev–Trinajstić information content (AvgIpc) is 2.82. The van der Waals surface area contributed by atoms with Crippen LogP contribution < -0.4 is 0 Å². The van der Waals surface area contributed by atoms with E-state index in [1.165, 1.54) is 12.8 Å². The van der Waals surface area contributed by atoms with Crippen molar-refractivity contribution in [2.24, 2.45) is 5.92 Å². The monoisotopic (exact) mass is 252 g/mol. The highest BCUT2D eigenvalue weighted by atomic mass is 35.5. The molecule has 0 radical (unpaired) electrons. The van der Waals surface area contributed by atoms with Crippen LogP contribution in [0.2, 0.25) is 5.02 Å². The molecule has 0 heterocycles. The SMILES string of the molecule is CC(OC(=O)c1ccccc1Cl)C1CCCC1. The minimum atomic E-state index is -0.310. The van der Waals surface area contributed by atoms with Gasteiger partial charge in [-0.1, -0.05) is 36.6 Å². The quantitative estimate of drug-likeness (QED) is 0.758. The van der Waals surface area contributed by atoms with E-state index >= 15 is 0 Å². The van der Waals surface area contributed by atoms with Gasteiger partial charge in [-0.15, -0.1) is 0 Å². The highest BCUT2D eigenvalue weighted by molar-refractivity contribution is 6.33. The lowest BCUT2D eigenvalue weighted by Gasteiger charge is -2.19. The maximum atomic E-state index is 11.9. The predicted molar refractivity (Wildman–Crippen MR) is 68.3 cm³/mol. The summed E-state index contributed by atoms with van der Waals surface area (Å²) in [7, 11) is 0. The van der Waals surface area contributed by atoms with Gasteiger partial charge in [-0.3, -0.25) is 0 Å². The Bertz CT molecular complexity index is 397. The lowest BCUT2D eigenvalue weighted by Crippen LogP contribution is -2.22. The van der Waals surface area contributed by atoms with Crippen molar-refractivity contribution >= 4 is 17.6 Å². The number of ether oxygens (including phenoxy) is 1. The number of carbonyl (C=O) groups is 1. The summed E-state index contributed by atoms with van der Waals surface area (Å²) < 4.78 is 5.48. The van der Waals surface area contributed by atoms with Gasteiger partial charge in [0.1, 0.15) is 6.10 Å². The largest absolute Gasteiger partial charge is 0.459 e. The third kappa shape index (κ3) is 3.01. The molecule has 1 fully saturated rings. The minimum Gasteiger partial charge on any atom is -0.459 e. The molecule has 1 unspecified atom stereocenters. The minimum absolute atomic E-state index is 0.0127. The molecule has 3 heteroatoms. The molecule has 2 rings (SSSR count). The highest BCUT2D eigenvalue weighted by Crippen LogP contribution is 2.29. The van der Waals surface area contributed by atoms with Gasteiger partial charge in [-0.2, -0.15) is 0 Å². The summed E-state index contributed by atoms with van der Waals surface area (Å²) in [6.07, 6.45) is 4.81. The number of hydrogen-bond acceptors (Lipinski definition) is 2. The molecule has 0 N–H and O–H groups in total. The molecular formula is C14H17ClO2. The maximum Gasteiger partial charge on any atom is 0.339 e. The predicted octanol–water partition coefficient (Wildman–Crippen LogP) is 4.08. The Labute approximate surface area is 107 Å². The maximum absolute atomic E-state index is 11.9. The zero-order chi connectivity index (χ0) is 12.3. The molecule has 92 valence electrons. The molecule has 0 amide bonds. The number of hydrogen-bond donors (Lipinski definition) is 0. The topological polar surface area (TPSA) is 26.3 Å². The van der Waals surface area contributed by atoms with Gasteiger partial charge in [0.2, 0.25) is 0 Å². The van der Waals surface area contributed by atoms with Crippen molar-refractivity contribution < 1.29 is 9.53 Å². The number of rotatable bonds is 3. The van der Waals surface area contributed by atoms with E-state index in [-0.39, 0.29) is 12.1 Å². The van der Waals surface area contributed by atoms with E-state index in [1.807, 2.05) is 6.92 Å². The third-order valence-corrected chi connectivity index (χ3v) is 3.78. The van der Waals surface area contributed by atoms with Crippen LogP contribution in [0.25, 0.3) is 0 Å². The lowest BCUT2D eigenvalue weighted by molar-refractivity contribution is 0.0204. The van der Waals surface area contributed by atoms with Crippen LogP contribution in [0.4, 0.5) is 0 Å². The zero-order valence-electron chi connectivity index (χ0n) is 9.99. The summed E-state index contributed by atoms with van der Waals surface area (Å²) in [5, 5.41) is 0.455. The summed E-state index contributed by atoms with van der Waals surface area (Å²) in [5.74, 6) is 0.205. The summed E-state index contributed by atoms with van der Waals surface area (Å²) in [4.78, 5) is 11.9. The fraction of sp³-hybridized carbons (Fsp3) is 0.500. The van der Waals surface area contributed by atoms with Gasteiger partial charge in [0.05, 0.1) is 10.6 Å². The molecule has 1 aliphatic carbocycles. The van der Waals surface area contributed by atoms with E-state index in [1.54, 1.807) is 24.3 Å². The second kappa shape index (κ2) is 5.54. The van der Waals surface area contributed by atoms with E-state index in [9.17, 15) is 4.79 Å². The Morgan fingerprint density at radius 3 is 2.65 bits per heavy atom. The fourth-order valence-electron chi connectivity index (χ4n) is 2.38. The zero-order valence-corrected chi connectivity index (χ0v) is 10.7. The normalized spacial score (nSPS) is 18.0. The van der Waals surface area contributed by atoms with Gasteiger partial charge < -0.3 is 4.74 Å². The Balaban J connectivity index is 1.99. The Morgan fingerprint density at radius 1 is 1.35 bits per heavy atom. The molecule has 2 nitrogen and oxygen atoms in total. The van der Waals surface area contributed by atoms with E-state index in [0.717, 1.165) is 12.8 Å². The standard InChI is InChI=1S/C14H17ClO2/c1-10(11-6-2-3-7-11)17-14(16)12-8-4-5-9-13(12)15/h4-5,8-11H,2-3,6-7H2,1H3. The first-order valence-corrected chi connectivity index (χ1v) is 6.52. The number of benzene rings is 1. The summed E-state index contributed by atoms with van der Waals surface area (Å²) in [6, 6.07) is 7.01. The van der Waals surface area contributed by atoms with Crippen LogP contribution in [0.5, 0.6) is 0 Å². The summed E-state index contributed by atoms with van der Waals surface area (Å²) >= 11 is 5.96. The highest BCUT2D eigenvalue weighted by Gasteiger charge is 2.25. The van der Waals surface area contributed by atoms with Crippen LogP contribution >= 0.6 is 11.6 Å². The van der Waals surface area contributed by atoms with Crippen LogP contribution in [0, 0.1) is 5.92 Å². The van der Waals surface area contributed by atoms with E-state index < -0.39 is 0 Å². The smallest absolute Gasteiger partial charge is 0.339 e. The van der Waals surface area contributed by atoms with E-state index in [0.29, 0.717) is 16.5 Å². The molecule has 0 bridgehead atoms. The molecule has 1 aromatic carbocycles. The van der Waals surface area contributed by atoms with Crippen molar-refractivity contribution in [1.29, 1.82) is 0 Å². The van der Waals surface area contributed by atoms with Crippen LogP contribution in [-0.2, 0) is 4.74 Å². The Hall–Kier alpha value is -1.02. The van der Waals surface area contributed by atoms with Gasteiger partial charge >= 0.3 is 5.97 Å². The molecule has 1 aromatic rings. The van der Waals surface area contributed by atoms with Crippen molar-refractivity contribution in [1.82, 2.24) is 0 Å². The molecule has 17 heavy (non-hydrogen) atoms. The third-order valence-electron chi connectivity index (χ3n) is 3.45.